The summed E-state index contributed by atoms with van der Waals surface area (Å²) in [5, 5.41) is 8.81. The number of carboxylic acid groups (broad SMARTS) is 1. The molecule has 0 saturated carbocycles. The predicted molar refractivity (Wildman–Crippen MR) is 77.1 cm³/mol. The average Bonchev–Trinajstić information content (AvgIpc) is 2.49. The average molecular weight is 291 g/mol. The van der Waals surface area contributed by atoms with E-state index in [0.717, 1.165) is 38.4 Å². The van der Waals surface area contributed by atoms with Gasteiger partial charge in [0.1, 0.15) is 5.69 Å². The van der Waals surface area contributed by atoms with E-state index in [-0.39, 0.29) is 23.3 Å². The highest BCUT2D eigenvalue weighted by Gasteiger charge is 2.32. The Bertz CT molecular complexity index is 515. The van der Waals surface area contributed by atoms with E-state index < -0.39 is 5.97 Å². The van der Waals surface area contributed by atoms with Gasteiger partial charge in [0.2, 0.25) is 0 Å². The largest absolute Gasteiger partial charge is 0.476 e. The zero-order chi connectivity index (χ0) is 15.4. The molecule has 0 radical (unpaired) electrons. The monoisotopic (exact) mass is 291 g/mol. The van der Waals surface area contributed by atoms with Crippen LogP contribution in [-0.4, -0.2) is 44.4 Å². The van der Waals surface area contributed by atoms with Crippen LogP contribution in [0.2, 0.25) is 0 Å². The van der Waals surface area contributed by atoms with Crippen LogP contribution in [0.4, 0.5) is 0 Å². The fourth-order valence-corrected chi connectivity index (χ4v) is 2.93. The summed E-state index contributed by atoms with van der Waals surface area (Å²) in [4.78, 5) is 33.0. The van der Waals surface area contributed by atoms with E-state index in [0.29, 0.717) is 5.92 Å². The van der Waals surface area contributed by atoms with Gasteiger partial charge in [-0.1, -0.05) is 20.3 Å². The molecule has 2 heterocycles. The van der Waals surface area contributed by atoms with Crippen molar-refractivity contribution in [2.24, 2.45) is 5.92 Å². The van der Waals surface area contributed by atoms with E-state index in [1.165, 1.54) is 6.20 Å². The fraction of sp³-hybridized carbons (Fsp3) is 0.600. The van der Waals surface area contributed by atoms with Gasteiger partial charge in [-0.2, -0.15) is 0 Å². The smallest absolute Gasteiger partial charge is 0.356 e. The number of aromatic nitrogens is 2. The van der Waals surface area contributed by atoms with Crippen LogP contribution in [0.1, 0.15) is 60.5 Å². The third-order valence-electron chi connectivity index (χ3n) is 4.05. The van der Waals surface area contributed by atoms with Crippen LogP contribution in [0.3, 0.4) is 0 Å². The maximum Gasteiger partial charge on any atom is 0.356 e. The van der Waals surface area contributed by atoms with Crippen LogP contribution in [-0.2, 0) is 0 Å². The number of likely N-dealkylation sites (tertiary alicyclic amines) is 1. The third kappa shape index (κ3) is 3.37. The van der Waals surface area contributed by atoms with Gasteiger partial charge in [-0.25, -0.2) is 14.8 Å². The van der Waals surface area contributed by atoms with Crippen molar-refractivity contribution < 1.29 is 14.7 Å². The summed E-state index contributed by atoms with van der Waals surface area (Å²) in [7, 11) is 0. The lowest BCUT2D eigenvalue weighted by Gasteiger charge is -2.40. The molecule has 6 heteroatoms. The van der Waals surface area contributed by atoms with Gasteiger partial charge in [-0.15, -0.1) is 0 Å². The summed E-state index contributed by atoms with van der Waals surface area (Å²) in [6.07, 6.45) is 6.54. The summed E-state index contributed by atoms with van der Waals surface area (Å²) in [6, 6.07) is 0.234. The lowest BCUT2D eigenvalue weighted by Crippen LogP contribution is -2.47. The molecule has 1 aliphatic rings. The van der Waals surface area contributed by atoms with Crippen LogP contribution >= 0.6 is 0 Å². The highest BCUT2D eigenvalue weighted by molar-refractivity contribution is 5.93. The Balaban J connectivity index is 2.18. The van der Waals surface area contributed by atoms with Crippen LogP contribution in [0.25, 0.3) is 0 Å². The van der Waals surface area contributed by atoms with E-state index in [9.17, 15) is 9.59 Å². The molecule has 1 amide bonds. The van der Waals surface area contributed by atoms with Crippen molar-refractivity contribution in [3.05, 3.63) is 23.8 Å². The predicted octanol–water partition coefficient (Wildman–Crippen LogP) is 2.22. The maximum absolute atomic E-state index is 12.6. The molecular formula is C15H21N3O3. The second-order valence-electron chi connectivity index (χ2n) is 5.57. The van der Waals surface area contributed by atoms with Crippen LogP contribution in [0.5, 0.6) is 0 Å². The Morgan fingerprint density at radius 2 is 2.00 bits per heavy atom. The van der Waals surface area contributed by atoms with E-state index in [4.69, 9.17) is 5.11 Å². The molecule has 0 spiro atoms. The number of piperidine rings is 1. The summed E-state index contributed by atoms with van der Waals surface area (Å²) < 4.78 is 0. The second-order valence-corrected chi connectivity index (χ2v) is 5.57. The number of hydrogen-bond donors (Lipinski definition) is 1. The van der Waals surface area contributed by atoms with Crippen molar-refractivity contribution in [1.82, 2.24) is 14.9 Å². The van der Waals surface area contributed by atoms with Crippen molar-refractivity contribution >= 4 is 11.9 Å². The highest BCUT2D eigenvalue weighted by Crippen LogP contribution is 2.27. The van der Waals surface area contributed by atoms with Crippen LogP contribution in [0, 0.1) is 5.92 Å². The number of rotatable bonds is 4. The van der Waals surface area contributed by atoms with E-state index >= 15 is 0 Å². The third-order valence-corrected chi connectivity index (χ3v) is 4.05. The summed E-state index contributed by atoms with van der Waals surface area (Å²) in [6.45, 7) is 5.03. The number of hydrogen-bond acceptors (Lipinski definition) is 4. The zero-order valence-electron chi connectivity index (χ0n) is 12.5. The SMILES string of the molecule is CCCC1C(C)CCCN1C(=O)c1cnc(C(=O)O)cn1. The molecule has 1 aromatic heterocycles. The van der Waals surface area contributed by atoms with Crippen LogP contribution < -0.4 is 0 Å². The standard InChI is InChI=1S/C15H21N3O3/c1-3-5-13-10(2)6-4-7-18(13)14(19)11-8-17-12(9-16-11)15(20)21/h8-10,13H,3-7H2,1-2H3,(H,20,21). The molecule has 2 rings (SSSR count). The van der Waals surface area contributed by atoms with Gasteiger partial charge in [0.25, 0.3) is 5.91 Å². The quantitative estimate of drug-likeness (QED) is 0.919. The topological polar surface area (TPSA) is 83.4 Å². The highest BCUT2D eigenvalue weighted by atomic mass is 16.4. The molecular weight excluding hydrogens is 270 g/mol. The number of carbonyl (C=O) groups is 2. The Morgan fingerprint density at radius 1 is 1.33 bits per heavy atom. The molecule has 0 aliphatic carbocycles. The fourth-order valence-electron chi connectivity index (χ4n) is 2.93. The van der Waals surface area contributed by atoms with Gasteiger partial charge in [0.15, 0.2) is 5.69 Å². The molecule has 114 valence electrons. The molecule has 1 fully saturated rings. The van der Waals surface area contributed by atoms with Gasteiger partial charge in [0.05, 0.1) is 12.4 Å². The van der Waals surface area contributed by atoms with Crippen molar-refractivity contribution in [2.75, 3.05) is 6.54 Å². The Labute approximate surface area is 124 Å². The first kappa shape index (κ1) is 15.4. The molecule has 0 aromatic carbocycles. The number of nitrogens with zero attached hydrogens (tertiary/aromatic N) is 3. The van der Waals surface area contributed by atoms with E-state index in [1.54, 1.807) is 0 Å². The first-order valence-corrected chi connectivity index (χ1v) is 7.41. The molecule has 1 aliphatic heterocycles. The minimum absolute atomic E-state index is 0.149. The van der Waals surface area contributed by atoms with E-state index in [2.05, 4.69) is 23.8 Å². The van der Waals surface area contributed by atoms with Gasteiger partial charge < -0.3 is 10.0 Å². The van der Waals surface area contributed by atoms with E-state index in [1.807, 2.05) is 4.90 Å². The molecule has 6 nitrogen and oxygen atoms in total. The Hall–Kier alpha value is -1.98. The van der Waals surface area contributed by atoms with Crippen molar-refractivity contribution in [2.45, 2.75) is 45.6 Å². The maximum atomic E-state index is 12.6. The van der Waals surface area contributed by atoms with Crippen LogP contribution in [0.15, 0.2) is 12.4 Å². The minimum atomic E-state index is -1.14. The lowest BCUT2D eigenvalue weighted by molar-refractivity contribution is 0.0490. The number of aromatic carboxylic acids is 1. The number of carbonyl (C=O) groups excluding carboxylic acids is 1. The Kier molecular flexibility index (Phi) is 4.88. The normalized spacial score (nSPS) is 22.1. The molecule has 1 aromatic rings. The van der Waals surface area contributed by atoms with Gasteiger partial charge >= 0.3 is 5.97 Å². The van der Waals surface area contributed by atoms with Crippen molar-refractivity contribution in [3.63, 3.8) is 0 Å². The molecule has 2 unspecified atom stereocenters. The molecule has 21 heavy (non-hydrogen) atoms. The lowest BCUT2D eigenvalue weighted by atomic mass is 9.88. The second kappa shape index (κ2) is 6.65. The summed E-state index contributed by atoms with van der Waals surface area (Å²) in [5.41, 5.74) is 0.0684. The van der Waals surface area contributed by atoms with Crippen molar-refractivity contribution in [1.29, 1.82) is 0 Å². The van der Waals surface area contributed by atoms with Gasteiger partial charge in [-0.3, -0.25) is 4.79 Å². The molecule has 1 N–H and O–H groups in total. The first-order valence-electron chi connectivity index (χ1n) is 7.41. The summed E-state index contributed by atoms with van der Waals surface area (Å²) in [5.74, 6) is -0.810. The molecule has 1 saturated heterocycles. The Morgan fingerprint density at radius 3 is 2.57 bits per heavy atom. The zero-order valence-corrected chi connectivity index (χ0v) is 12.5. The molecule has 2 atom stereocenters. The van der Waals surface area contributed by atoms with Crippen molar-refractivity contribution in [3.8, 4) is 0 Å². The first-order chi connectivity index (χ1) is 10.0. The summed E-state index contributed by atoms with van der Waals surface area (Å²) >= 11 is 0. The minimum Gasteiger partial charge on any atom is -0.476 e. The number of amides is 1. The number of carboxylic acids is 1. The molecule has 0 bridgehead atoms. The van der Waals surface area contributed by atoms with Gasteiger partial charge in [0, 0.05) is 12.6 Å². The van der Waals surface area contributed by atoms with Gasteiger partial charge in [-0.05, 0) is 25.2 Å².